The van der Waals surface area contributed by atoms with E-state index in [1.54, 1.807) is 10.9 Å². The van der Waals surface area contributed by atoms with Gasteiger partial charge < -0.3 is 15.7 Å². The Morgan fingerprint density at radius 3 is 2.82 bits per heavy atom. The lowest BCUT2D eigenvalue weighted by Crippen LogP contribution is -2.36. The predicted molar refractivity (Wildman–Crippen MR) is 84.7 cm³/mol. The Bertz CT molecular complexity index is 583. The first kappa shape index (κ1) is 16.0. The number of amides is 2. The van der Waals surface area contributed by atoms with Crippen LogP contribution in [0.15, 0.2) is 42.7 Å². The minimum Gasteiger partial charge on any atom is -0.393 e. The number of hydrogen-bond acceptors (Lipinski definition) is 3. The Balaban J connectivity index is 1.75. The molecule has 0 aliphatic rings. The zero-order valence-electron chi connectivity index (χ0n) is 12.7. The van der Waals surface area contributed by atoms with Crippen molar-refractivity contribution in [3.05, 3.63) is 48.3 Å². The van der Waals surface area contributed by atoms with Crippen molar-refractivity contribution in [1.82, 2.24) is 20.4 Å². The van der Waals surface area contributed by atoms with Crippen LogP contribution in [0.25, 0.3) is 5.69 Å². The highest BCUT2D eigenvalue weighted by atomic mass is 16.3. The minimum absolute atomic E-state index is 0.240. The number of carbonyl (C=O) groups excluding carboxylic acids is 1. The summed E-state index contributed by atoms with van der Waals surface area (Å²) in [5.74, 6) is 0. The van der Waals surface area contributed by atoms with Crippen LogP contribution < -0.4 is 10.6 Å². The molecule has 0 saturated heterocycles. The second kappa shape index (κ2) is 8.19. The van der Waals surface area contributed by atoms with Gasteiger partial charge >= 0.3 is 6.03 Å². The van der Waals surface area contributed by atoms with E-state index in [0.29, 0.717) is 25.9 Å². The summed E-state index contributed by atoms with van der Waals surface area (Å²) in [6.45, 7) is 2.79. The summed E-state index contributed by atoms with van der Waals surface area (Å²) in [6, 6.07) is 9.55. The molecule has 2 rings (SSSR count). The smallest absolute Gasteiger partial charge is 0.315 e. The fraction of sp³-hybridized carbons (Fsp3) is 0.375. The van der Waals surface area contributed by atoms with Crippen LogP contribution in [0.1, 0.15) is 25.3 Å². The van der Waals surface area contributed by atoms with Crippen molar-refractivity contribution in [2.24, 2.45) is 0 Å². The van der Waals surface area contributed by atoms with Crippen molar-refractivity contribution >= 4 is 6.03 Å². The number of nitrogens with zero attached hydrogens (tertiary/aromatic N) is 2. The molecule has 0 bridgehead atoms. The second-order valence-corrected chi connectivity index (χ2v) is 5.09. The van der Waals surface area contributed by atoms with Crippen LogP contribution in [0.3, 0.4) is 0 Å². The molecular formula is C16H22N4O2. The summed E-state index contributed by atoms with van der Waals surface area (Å²) < 4.78 is 1.77. The SMILES string of the molecule is CCC(O)CCNC(=O)NCc1cnn(-c2ccccc2)c1. The van der Waals surface area contributed by atoms with Gasteiger partial charge in [-0.15, -0.1) is 0 Å². The van der Waals surface area contributed by atoms with Crippen molar-refractivity contribution in [3.63, 3.8) is 0 Å². The third-order valence-corrected chi connectivity index (χ3v) is 3.34. The van der Waals surface area contributed by atoms with E-state index in [2.05, 4.69) is 15.7 Å². The zero-order chi connectivity index (χ0) is 15.8. The number of urea groups is 1. The molecule has 6 nitrogen and oxygen atoms in total. The molecule has 1 atom stereocenters. The molecule has 6 heteroatoms. The first-order chi connectivity index (χ1) is 10.7. The van der Waals surface area contributed by atoms with E-state index in [9.17, 15) is 9.90 Å². The zero-order valence-corrected chi connectivity index (χ0v) is 12.7. The average molecular weight is 302 g/mol. The third-order valence-electron chi connectivity index (χ3n) is 3.34. The van der Waals surface area contributed by atoms with E-state index in [1.807, 2.05) is 43.5 Å². The lowest BCUT2D eigenvalue weighted by atomic mass is 10.2. The molecule has 2 amide bonds. The van der Waals surface area contributed by atoms with Crippen molar-refractivity contribution in [3.8, 4) is 5.69 Å². The molecule has 1 heterocycles. The quantitative estimate of drug-likeness (QED) is 0.730. The molecule has 118 valence electrons. The lowest BCUT2D eigenvalue weighted by molar-refractivity contribution is 0.160. The highest BCUT2D eigenvalue weighted by Gasteiger charge is 2.05. The molecule has 0 fully saturated rings. The minimum atomic E-state index is -0.357. The van der Waals surface area contributed by atoms with Crippen LogP contribution in [-0.4, -0.2) is 33.6 Å². The highest BCUT2D eigenvalue weighted by molar-refractivity contribution is 5.73. The number of aromatic nitrogens is 2. The molecule has 1 aromatic heterocycles. The first-order valence-corrected chi connectivity index (χ1v) is 7.47. The van der Waals surface area contributed by atoms with E-state index in [-0.39, 0.29) is 12.1 Å². The van der Waals surface area contributed by atoms with Gasteiger partial charge in [-0.3, -0.25) is 0 Å². The van der Waals surface area contributed by atoms with Gasteiger partial charge in [-0.25, -0.2) is 9.48 Å². The molecule has 22 heavy (non-hydrogen) atoms. The molecule has 0 spiro atoms. The molecule has 0 aliphatic carbocycles. The Kier molecular flexibility index (Phi) is 5.97. The largest absolute Gasteiger partial charge is 0.393 e. The number of aliphatic hydroxyl groups excluding tert-OH is 1. The molecule has 3 N–H and O–H groups in total. The number of aliphatic hydroxyl groups is 1. The van der Waals surface area contributed by atoms with Gasteiger partial charge in [0.2, 0.25) is 0 Å². The number of hydrogen-bond donors (Lipinski definition) is 3. The predicted octanol–water partition coefficient (Wildman–Crippen LogP) is 1.83. The van der Waals surface area contributed by atoms with Crippen molar-refractivity contribution in [2.45, 2.75) is 32.4 Å². The van der Waals surface area contributed by atoms with Gasteiger partial charge in [0.25, 0.3) is 0 Å². The maximum absolute atomic E-state index is 11.6. The molecule has 0 saturated carbocycles. The Hall–Kier alpha value is -2.34. The normalized spacial score (nSPS) is 11.9. The number of carbonyl (C=O) groups is 1. The molecule has 0 radical (unpaired) electrons. The summed E-state index contributed by atoms with van der Waals surface area (Å²) >= 11 is 0. The van der Waals surface area contributed by atoms with Crippen molar-refractivity contribution in [2.75, 3.05) is 6.54 Å². The first-order valence-electron chi connectivity index (χ1n) is 7.47. The van der Waals surface area contributed by atoms with Gasteiger partial charge in [0, 0.05) is 24.8 Å². The molecular weight excluding hydrogens is 280 g/mol. The van der Waals surface area contributed by atoms with Gasteiger partial charge in [0.05, 0.1) is 18.0 Å². The summed E-state index contributed by atoms with van der Waals surface area (Å²) in [7, 11) is 0. The number of benzene rings is 1. The second-order valence-electron chi connectivity index (χ2n) is 5.09. The van der Waals surface area contributed by atoms with Gasteiger partial charge in [-0.2, -0.15) is 5.10 Å². The monoisotopic (exact) mass is 302 g/mol. The van der Waals surface area contributed by atoms with Crippen LogP contribution in [-0.2, 0) is 6.54 Å². The fourth-order valence-corrected chi connectivity index (χ4v) is 1.97. The highest BCUT2D eigenvalue weighted by Crippen LogP contribution is 2.07. The lowest BCUT2D eigenvalue weighted by Gasteiger charge is -2.09. The summed E-state index contributed by atoms with van der Waals surface area (Å²) in [6.07, 6.45) is 4.52. The average Bonchev–Trinajstić information content (AvgIpc) is 3.02. The summed E-state index contributed by atoms with van der Waals surface area (Å²) in [4.78, 5) is 11.6. The van der Waals surface area contributed by atoms with Crippen LogP contribution in [0.2, 0.25) is 0 Å². The number of para-hydroxylation sites is 1. The summed E-state index contributed by atoms with van der Waals surface area (Å²) in [5, 5.41) is 19.2. The van der Waals surface area contributed by atoms with Gasteiger partial charge in [0.15, 0.2) is 0 Å². The Morgan fingerprint density at radius 2 is 2.09 bits per heavy atom. The van der Waals surface area contributed by atoms with Crippen molar-refractivity contribution < 1.29 is 9.90 Å². The molecule has 2 aromatic rings. The van der Waals surface area contributed by atoms with E-state index in [0.717, 1.165) is 11.3 Å². The maximum atomic E-state index is 11.6. The Labute approximate surface area is 130 Å². The van der Waals surface area contributed by atoms with E-state index in [1.165, 1.54) is 0 Å². The van der Waals surface area contributed by atoms with Crippen LogP contribution in [0.4, 0.5) is 4.79 Å². The van der Waals surface area contributed by atoms with Gasteiger partial charge in [0.1, 0.15) is 0 Å². The fourth-order valence-electron chi connectivity index (χ4n) is 1.97. The number of rotatable bonds is 7. The van der Waals surface area contributed by atoms with Gasteiger partial charge in [-0.1, -0.05) is 25.1 Å². The number of nitrogens with one attached hydrogen (secondary N) is 2. The van der Waals surface area contributed by atoms with E-state index < -0.39 is 0 Å². The third kappa shape index (κ3) is 4.89. The van der Waals surface area contributed by atoms with Crippen LogP contribution >= 0.6 is 0 Å². The van der Waals surface area contributed by atoms with Crippen LogP contribution in [0.5, 0.6) is 0 Å². The maximum Gasteiger partial charge on any atom is 0.315 e. The molecule has 1 unspecified atom stereocenters. The van der Waals surface area contributed by atoms with E-state index >= 15 is 0 Å². The molecule has 0 aliphatic heterocycles. The van der Waals surface area contributed by atoms with E-state index in [4.69, 9.17) is 0 Å². The van der Waals surface area contributed by atoms with Gasteiger partial charge in [-0.05, 0) is 25.0 Å². The molecule has 1 aromatic carbocycles. The Morgan fingerprint density at radius 1 is 1.32 bits per heavy atom. The van der Waals surface area contributed by atoms with Crippen molar-refractivity contribution in [1.29, 1.82) is 0 Å². The standard InChI is InChI=1S/C16H22N4O2/c1-2-15(21)8-9-17-16(22)18-10-13-11-19-20(12-13)14-6-4-3-5-7-14/h3-7,11-12,15,21H,2,8-10H2,1H3,(H2,17,18,22). The topological polar surface area (TPSA) is 79.2 Å². The van der Waals surface area contributed by atoms with Crippen LogP contribution in [0, 0.1) is 0 Å². The summed E-state index contributed by atoms with van der Waals surface area (Å²) in [5.41, 5.74) is 1.90.